The second-order valence-electron chi connectivity index (χ2n) is 14.3. The van der Waals surface area contributed by atoms with Crippen LogP contribution in [0.4, 0.5) is 0 Å². The zero-order valence-electron chi connectivity index (χ0n) is 30.7. The highest BCUT2D eigenvalue weighted by atomic mass is 16.5. The Labute approximate surface area is 277 Å². The van der Waals surface area contributed by atoms with Gasteiger partial charge >= 0.3 is 5.97 Å². The molecule has 0 saturated carbocycles. The van der Waals surface area contributed by atoms with Crippen LogP contribution in [-0.2, 0) is 9.53 Å². The molecule has 0 aliphatic carbocycles. The van der Waals surface area contributed by atoms with Crippen molar-refractivity contribution in [3.63, 3.8) is 0 Å². The number of aliphatic hydroxyl groups is 1. The number of hydrogen-bond acceptors (Lipinski definition) is 3. The van der Waals surface area contributed by atoms with Crippen LogP contribution in [0, 0.1) is 5.92 Å². The van der Waals surface area contributed by atoms with Crippen molar-refractivity contribution in [3.8, 4) is 0 Å². The third kappa shape index (κ3) is 34.3. The third-order valence-electron chi connectivity index (χ3n) is 9.73. The van der Waals surface area contributed by atoms with Crippen molar-refractivity contribution < 1.29 is 14.6 Å². The van der Waals surface area contributed by atoms with Crippen molar-refractivity contribution in [2.24, 2.45) is 5.92 Å². The van der Waals surface area contributed by atoms with Gasteiger partial charge in [-0.1, -0.05) is 207 Å². The number of carbonyl (C=O) groups is 1. The van der Waals surface area contributed by atoms with Crippen LogP contribution in [0.15, 0.2) is 0 Å². The fraction of sp³-hybridized carbons (Fsp3) is 0.976. The normalized spacial score (nSPS) is 12.9. The van der Waals surface area contributed by atoms with Crippen LogP contribution in [0.1, 0.15) is 239 Å². The summed E-state index contributed by atoms with van der Waals surface area (Å²) in [4.78, 5) is 12.5. The van der Waals surface area contributed by atoms with E-state index in [0.717, 1.165) is 38.5 Å². The molecule has 0 aliphatic rings. The summed E-state index contributed by atoms with van der Waals surface area (Å²) in [6, 6.07) is 0. The van der Waals surface area contributed by atoms with Crippen LogP contribution in [0.3, 0.4) is 0 Å². The Morgan fingerprint density at radius 1 is 0.455 bits per heavy atom. The topological polar surface area (TPSA) is 46.5 Å². The maximum Gasteiger partial charge on any atom is 0.305 e. The van der Waals surface area contributed by atoms with Gasteiger partial charge in [-0.2, -0.15) is 0 Å². The van der Waals surface area contributed by atoms with E-state index in [0.29, 0.717) is 18.9 Å². The molecule has 0 saturated heterocycles. The van der Waals surface area contributed by atoms with Crippen molar-refractivity contribution in [1.82, 2.24) is 0 Å². The molecule has 2 atom stereocenters. The summed E-state index contributed by atoms with van der Waals surface area (Å²) in [5.74, 6) is 0.421. The molecule has 44 heavy (non-hydrogen) atoms. The summed E-state index contributed by atoms with van der Waals surface area (Å²) in [6.45, 7) is 7.40. The van der Waals surface area contributed by atoms with E-state index in [1.807, 2.05) is 0 Å². The molecule has 0 heterocycles. The Bertz CT molecular complexity index is 548. The maximum absolute atomic E-state index is 12.5. The molecule has 2 unspecified atom stereocenters. The number of hydrogen-bond donors (Lipinski definition) is 1. The van der Waals surface area contributed by atoms with Gasteiger partial charge in [0.1, 0.15) is 0 Å². The molecule has 0 amide bonds. The number of rotatable bonds is 37. The number of carbonyl (C=O) groups excluding carboxylic acids is 1. The summed E-state index contributed by atoms with van der Waals surface area (Å²) in [5, 5.41) is 10.7. The molecule has 1 N–H and O–H groups in total. The van der Waals surface area contributed by atoms with E-state index in [1.54, 1.807) is 0 Å². The summed E-state index contributed by atoms with van der Waals surface area (Å²) in [6.07, 6.45) is 42.7. The minimum absolute atomic E-state index is 0.0261. The first-order valence-electron chi connectivity index (χ1n) is 20.5. The van der Waals surface area contributed by atoms with Crippen LogP contribution >= 0.6 is 0 Å². The highest BCUT2D eigenvalue weighted by molar-refractivity contribution is 5.69. The van der Waals surface area contributed by atoms with Crippen LogP contribution in [0.25, 0.3) is 0 Å². The number of unbranched alkanes of at least 4 members (excludes halogenated alkanes) is 26. The fourth-order valence-electron chi connectivity index (χ4n) is 6.66. The van der Waals surface area contributed by atoms with E-state index in [-0.39, 0.29) is 12.1 Å². The smallest absolute Gasteiger partial charge is 0.305 e. The van der Waals surface area contributed by atoms with Crippen LogP contribution in [0.5, 0.6) is 0 Å². The maximum atomic E-state index is 12.5. The van der Waals surface area contributed by atoms with E-state index < -0.39 is 0 Å². The van der Waals surface area contributed by atoms with Crippen LogP contribution < -0.4 is 0 Å². The Balaban J connectivity index is 4.00. The molecule has 0 aromatic heterocycles. The molecule has 3 heteroatoms. The van der Waals surface area contributed by atoms with E-state index in [9.17, 15) is 9.90 Å². The second kappa shape index (κ2) is 36.9. The van der Waals surface area contributed by atoms with Gasteiger partial charge in [-0.3, -0.25) is 4.79 Å². The largest absolute Gasteiger partial charge is 0.466 e. The monoisotopic (exact) mass is 623 g/mol. The van der Waals surface area contributed by atoms with Crippen molar-refractivity contribution in [1.29, 1.82) is 0 Å². The average molecular weight is 623 g/mol. The number of aliphatic hydroxyl groups excluding tert-OH is 1. The van der Waals surface area contributed by atoms with E-state index in [4.69, 9.17) is 4.74 Å². The quantitative estimate of drug-likeness (QED) is 0.0554. The van der Waals surface area contributed by atoms with Gasteiger partial charge in [0.25, 0.3) is 0 Å². The molecule has 0 rings (SSSR count). The molecule has 3 nitrogen and oxygen atoms in total. The fourth-order valence-corrected chi connectivity index (χ4v) is 6.66. The van der Waals surface area contributed by atoms with Crippen LogP contribution in [0.2, 0.25) is 0 Å². The van der Waals surface area contributed by atoms with Gasteiger partial charge in [0, 0.05) is 6.42 Å². The van der Waals surface area contributed by atoms with Gasteiger partial charge < -0.3 is 9.84 Å². The standard InChI is InChI=1S/C41H82O3/c1-4-7-10-13-15-17-19-20-21-22-24-26-29-32-37-44-41(43)36-35-39(38-40(42)34-31-27-12-9-6-3)33-30-28-25-23-18-16-14-11-8-5-2/h39-40,42H,4-38H2,1-3H3. The molecule has 0 radical (unpaired) electrons. The van der Waals surface area contributed by atoms with E-state index in [2.05, 4.69) is 20.8 Å². The lowest BCUT2D eigenvalue weighted by Crippen LogP contribution is -2.16. The summed E-state index contributed by atoms with van der Waals surface area (Å²) < 4.78 is 5.61. The Morgan fingerprint density at radius 2 is 0.795 bits per heavy atom. The second-order valence-corrected chi connectivity index (χ2v) is 14.3. The Kier molecular flexibility index (Phi) is 36.4. The van der Waals surface area contributed by atoms with Crippen molar-refractivity contribution >= 4 is 5.97 Å². The third-order valence-corrected chi connectivity index (χ3v) is 9.73. The van der Waals surface area contributed by atoms with Gasteiger partial charge in [-0.25, -0.2) is 0 Å². The first-order chi connectivity index (χ1) is 21.6. The minimum atomic E-state index is -0.212. The molecule has 0 bridgehead atoms. The molecular weight excluding hydrogens is 540 g/mol. The van der Waals surface area contributed by atoms with Gasteiger partial charge in [-0.05, 0) is 31.6 Å². The van der Waals surface area contributed by atoms with E-state index in [1.165, 1.54) is 173 Å². The summed E-state index contributed by atoms with van der Waals surface area (Å²) in [5.41, 5.74) is 0. The Morgan fingerprint density at radius 3 is 1.20 bits per heavy atom. The Hall–Kier alpha value is -0.570. The first-order valence-corrected chi connectivity index (χ1v) is 20.5. The summed E-state index contributed by atoms with van der Waals surface area (Å²) in [7, 11) is 0. The van der Waals surface area contributed by atoms with Crippen molar-refractivity contribution in [3.05, 3.63) is 0 Å². The number of esters is 1. The van der Waals surface area contributed by atoms with Crippen LogP contribution in [-0.4, -0.2) is 23.8 Å². The predicted molar refractivity (Wildman–Crippen MR) is 194 cm³/mol. The summed E-state index contributed by atoms with van der Waals surface area (Å²) >= 11 is 0. The average Bonchev–Trinajstić information content (AvgIpc) is 3.02. The molecule has 0 spiro atoms. The molecular formula is C41H82O3. The highest BCUT2D eigenvalue weighted by Gasteiger charge is 2.17. The van der Waals surface area contributed by atoms with Gasteiger partial charge in [0.05, 0.1) is 12.7 Å². The lowest BCUT2D eigenvalue weighted by Gasteiger charge is -2.20. The predicted octanol–water partition coefficient (Wildman–Crippen LogP) is 13.8. The van der Waals surface area contributed by atoms with Crippen molar-refractivity contribution in [2.75, 3.05) is 6.61 Å². The molecule has 0 aromatic carbocycles. The number of ether oxygens (including phenoxy) is 1. The lowest BCUT2D eigenvalue weighted by molar-refractivity contribution is -0.144. The SMILES string of the molecule is CCCCCCCCCCCCCCCCOC(=O)CCC(CCCCCCCCCCCC)CC(O)CCCCCCC. The van der Waals surface area contributed by atoms with Gasteiger partial charge in [0.2, 0.25) is 0 Å². The molecule has 264 valence electrons. The van der Waals surface area contributed by atoms with Gasteiger partial charge in [-0.15, -0.1) is 0 Å². The molecule has 0 aromatic rings. The molecule has 0 aliphatic heterocycles. The first kappa shape index (κ1) is 43.4. The highest BCUT2D eigenvalue weighted by Crippen LogP contribution is 2.24. The zero-order valence-corrected chi connectivity index (χ0v) is 30.7. The minimum Gasteiger partial charge on any atom is -0.466 e. The molecule has 0 fully saturated rings. The van der Waals surface area contributed by atoms with Crippen molar-refractivity contribution in [2.45, 2.75) is 245 Å². The van der Waals surface area contributed by atoms with Gasteiger partial charge in [0.15, 0.2) is 0 Å². The zero-order chi connectivity index (χ0) is 32.2. The lowest BCUT2D eigenvalue weighted by atomic mass is 9.89. The van der Waals surface area contributed by atoms with E-state index >= 15 is 0 Å².